The molecule has 2 aromatic rings. The van der Waals surface area contributed by atoms with Gasteiger partial charge in [0.2, 0.25) is 0 Å². The van der Waals surface area contributed by atoms with Gasteiger partial charge >= 0.3 is 12.0 Å². The maximum absolute atomic E-state index is 13.1. The van der Waals surface area contributed by atoms with Crippen LogP contribution in [0.3, 0.4) is 0 Å². The summed E-state index contributed by atoms with van der Waals surface area (Å²) < 4.78 is 23.3. The molecule has 0 aliphatic carbocycles. The Morgan fingerprint density at radius 2 is 1.89 bits per heavy atom. The molecular formula is C18H18ClN3O5S. The minimum atomic E-state index is -3.12. The van der Waals surface area contributed by atoms with Crippen molar-refractivity contribution in [1.29, 1.82) is 0 Å². The monoisotopic (exact) mass is 423 g/mol. The average molecular weight is 424 g/mol. The number of hydrogen-bond acceptors (Lipinski definition) is 5. The molecule has 0 unspecified atom stereocenters. The second-order valence-corrected chi connectivity index (χ2v) is 9.07. The lowest BCUT2D eigenvalue weighted by atomic mass is 10.2. The highest BCUT2D eigenvalue weighted by molar-refractivity contribution is 7.91. The number of carbonyl (C=O) groups is 2. The standard InChI is InChI=1S/C18H18ClN3O5S/c19-14-2-1-3-16(10-14)22(12-15-5-4-13(11-20-15)17(23)24)18(25)21-6-8-28(26,27)9-7-21/h1-5,10-11H,6-9,12H2,(H,23,24). The normalized spacial score (nSPS) is 15.8. The van der Waals surface area contributed by atoms with E-state index in [1.165, 1.54) is 28.1 Å². The molecule has 1 aliphatic rings. The third kappa shape index (κ3) is 4.79. The van der Waals surface area contributed by atoms with Gasteiger partial charge in [0.1, 0.15) is 0 Å². The van der Waals surface area contributed by atoms with Crippen LogP contribution in [0.5, 0.6) is 0 Å². The van der Waals surface area contributed by atoms with Crippen LogP contribution in [0.2, 0.25) is 5.02 Å². The quantitative estimate of drug-likeness (QED) is 0.808. The van der Waals surface area contributed by atoms with Gasteiger partial charge in [0.15, 0.2) is 9.84 Å². The number of pyridine rings is 1. The van der Waals surface area contributed by atoms with E-state index in [1.54, 1.807) is 24.3 Å². The number of aromatic carboxylic acids is 1. The number of benzene rings is 1. The summed E-state index contributed by atoms with van der Waals surface area (Å²) in [6.45, 7) is 0.315. The summed E-state index contributed by atoms with van der Waals surface area (Å²) >= 11 is 6.06. The van der Waals surface area contributed by atoms with E-state index >= 15 is 0 Å². The molecule has 0 spiro atoms. The number of carboxylic acid groups (broad SMARTS) is 1. The van der Waals surface area contributed by atoms with E-state index in [0.717, 1.165) is 0 Å². The van der Waals surface area contributed by atoms with Gasteiger partial charge in [-0.15, -0.1) is 0 Å². The van der Waals surface area contributed by atoms with E-state index in [-0.39, 0.29) is 42.7 Å². The zero-order valence-electron chi connectivity index (χ0n) is 14.8. The molecular weight excluding hydrogens is 406 g/mol. The Balaban J connectivity index is 1.87. The fraction of sp³-hybridized carbons (Fsp3) is 0.278. The van der Waals surface area contributed by atoms with Crippen LogP contribution in [0.15, 0.2) is 42.6 Å². The first-order chi connectivity index (χ1) is 13.2. The number of carboxylic acids is 1. The largest absolute Gasteiger partial charge is 0.478 e. The average Bonchev–Trinajstić information content (AvgIpc) is 2.66. The van der Waals surface area contributed by atoms with Crippen LogP contribution in [0, 0.1) is 0 Å². The number of urea groups is 1. The van der Waals surface area contributed by atoms with Gasteiger partial charge in [0, 0.05) is 30.0 Å². The maximum atomic E-state index is 13.1. The van der Waals surface area contributed by atoms with Crippen molar-refractivity contribution in [3.05, 3.63) is 58.9 Å². The molecule has 1 fully saturated rings. The number of aromatic nitrogens is 1. The molecule has 8 nitrogen and oxygen atoms in total. The first-order valence-electron chi connectivity index (χ1n) is 8.46. The highest BCUT2D eigenvalue weighted by Gasteiger charge is 2.29. The summed E-state index contributed by atoms with van der Waals surface area (Å²) in [6, 6.07) is 9.33. The van der Waals surface area contributed by atoms with Gasteiger partial charge < -0.3 is 10.0 Å². The predicted molar refractivity (Wildman–Crippen MR) is 104 cm³/mol. The van der Waals surface area contributed by atoms with E-state index in [2.05, 4.69) is 4.98 Å². The molecule has 1 N–H and O–H groups in total. The van der Waals surface area contributed by atoms with Crippen LogP contribution in [0.25, 0.3) is 0 Å². The Morgan fingerprint density at radius 1 is 1.18 bits per heavy atom. The number of hydrogen-bond donors (Lipinski definition) is 1. The number of halogens is 1. The summed E-state index contributed by atoms with van der Waals surface area (Å²) in [5.41, 5.74) is 1.07. The molecule has 3 rings (SSSR count). The van der Waals surface area contributed by atoms with Crippen molar-refractivity contribution in [2.45, 2.75) is 6.54 Å². The number of sulfone groups is 1. The van der Waals surface area contributed by atoms with Gasteiger partial charge in [0.25, 0.3) is 0 Å². The summed E-state index contributed by atoms with van der Waals surface area (Å²) in [7, 11) is -3.12. The zero-order valence-corrected chi connectivity index (χ0v) is 16.4. The molecule has 2 heterocycles. The third-order valence-corrected chi connectivity index (χ3v) is 6.20. The molecule has 1 aliphatic heterocycles. The first-order valence-corrected chi connectivity index (χ1v) is 10.7. The van der Waals surface area contributed by atoms with Gasteiger partial charge in [-0.2, -0.15) is 0 Å². The van der Waals surface area contributed by atoms with Crippen LogP contribution in [-0.2, 0) is 16.4 Å². The third-order valence-electron chi connectivity index (χ3n) is 4.36. The van der Waals surface area contributed by atoms with Crippen LogP contribution >= 0.6 is 11.6 Å². The molecule has 1 aromatic heterocycles. The Bertz CT molecular complexity index is 981. The van der Waals surface area contributed by atoms with Crippen LogP contribution in [0.1, 0.15) is 16.1 Å². The SMILES string of the molecule is O=C(O)c1ccc(CN(C(=O)N2CCS(=O)(=O)CC2)c2cccc(Cl)c2)nc1. The van der Waals surface area contributed by atoms with Crippen molar-refractivity contribution in [1.82, 2.24) is 9.88 Å². The van der Waals surface area contributed by atoms with Gasteiger partial charge in [-0.05, 0) is 30.3 Å². The zero-order chi connectivity index (χ0) is 20.3. The predicted octanol–water partition coefficient (Wildman–Crippen LogP) is 2.29. The highest BCUT2D eigenvalue weighted by atomic mass is 35.5. The first kappa shape index (κ1) is 20.1. The lowest BCUT2D eigenvalue weighted by Gasteiger charge is -2.33. The van der Waals surface area contributed by atoms with E-state index in [1.807, 2.05) is 0 Å². The fourth-order valence-electron chi connectivity index (χ4n) is 2.79. The van der Waals surface area contributed by atoms with Crippen LogP contribution in [-0.4, -0.2) is 60.0 Å². The van der Waals surface area contributed by atoms with Crippen LogP contribution < -0.4 is 4.90 Å². The van der Waals surface area contributed by atoms with Gasteiger partial charge in [0.05, 0.1) is 29.3 Å². The second-order valence-electron chi connectivity index (χ2n) is 6.33. The van der Waals surface area contributed by atoms with Gasteiger partial charge in [-0.1, -0.05) is 17.7 Å². The van der Waals surface area contributed by atoms with Gasteiger partial charge in [-0.3, -0.25) is 9.88 Å². The van der Waals surface area contributed by atoms with Crippen molar-refractivity contribution in [3.8, 4) is 0 Å². The summed E-state index contributed by atoms with van der Waals surface area (Å²) in [5, 5.41) is 9.44. The number of nitrogens with zero attached hydrogens (tertiary/aromatic N) is 3. The van der Waals surface area contributed by atoms with E-state index < -0.39 is 15.8 Å². The minimum Gasteiger partial charge on any atom is -0.478 e. The van der Waals surface area contributed by atoms with Gasteiger partial charge in [-0.25, -0.2) is 18.0 Å². The van der Waals surface area contributed by atoms with Crippen molar-refractivity contribution >= 4 is 39.1 Å². The molecule has 0 atom stereocenters. The lowest BCUT2D eigenvalue weighted by Crippen LogP contribution is -2.49. The minimum absolute atomic E-state index is 0.0469. The van der Waals surface area contributed by atoms with E-state index in [9.17, 15) is 18.0 Å². The molecule has 28 heavy (non-hydrogen) atoms. The highest BCUT2D eigenvalue weighted by Crippen LogP contribution is 2.23. The van der Waals surface area contributed by atoms with Crippen LogP contribution in [0.4, 0.5) is 10.5 Å². The Morgan fingerprint density at radius 3 is 2.46 bits per heavy atom. The summed E-state index contributed by atoms with van der Waals surface area (Å²) in [4.78, 5) is 31.1. The van der Waals surface area contributed by atoms with Crippen molar-refractivity contribution in [3.63, 3.8) is 0 Å². The molecule has 0 saturated carbocycles. The Labute approximate surface area is 167 Å². The van der Waals surface area contributed by atoms with E-state index in [0.29, 0.717) is 16.4 Å². The molecule has 2 amide bonds. The number of rotatable bonds is 4. The maximum Gasteiger partial charge on any atom is 0.337 e. The number of anilines is 1. The fourth-order valence-corrected chi connectivity index (χ4v) is 4.18. The summed E-state index contributed by atoms with van der Waals surface area (Å²) in [6.07, 6.45) is 1.23. The Kier molecular flexibility index (Phi) is 5.85. The van der Waals surface area contributed by atoms with E-state index in [4.69, 9.17) is 16.7 Å². The smallest absolute Gasteiger partial charge is 0.337 e. The molecule has 10 heteroatoms. The Hall–Kier alpha value is -2.65. The molecule has 0 radical (unpaired) electrons. The lowest BCUT2D eigenvalue weighted by molar-refractivity contribution is 0.0696. The molecule has 148 valence electrons. The van der Waals surface area contributed by atoms with Crippen molar-refractivity contribution < 1.29 is 23.1 Å². The molecule has 1 saturated heterocycles. The molecule has 0 bridgehead atoms. The topological polar surface area (TPSA) is 108 Å². The second kappa shape index (κ2) is 8.15. The van der Waals surface area contributed by atoms with Crippen molar-refractivity contribution in [2.24, 2.45) is 0 Å². The molecule has 1 aromatic carbocycles. The number of carbonyl (C=O) groups excluding carboxylic acids is 1. The number of amides is 2. The summed E-state index contributed by atoms with van der Waals surface area (Å²) in [5.74, 6) is -1.24. The van der Waals surface area contributed by atoms with Crippen molar-refractivity contribution in [2.75, 3.05) is 29.5 Å².